The molecule has 46 valence electrons. The van der Waals surface area contributed by atoms with Crippen LogP contribution in [0.1, 0.15) is 13.8 Å². The first-order chi connectivity index (χ1) is 3.41. The highest BCUT2D eigenvalue weighted by atomic mass is 36.5. The molecule has 0 atom stereocenters. The van der Waals surface area contributed by atoms with E-state index in [2.05, 4.69) is 40.9 Å². The third-order valence-electron chi connectivity index (χ3n) is 0.500. The molecule has 0 aliphatic rings. The minimum absolute atomic E-state index is 1.09. The Hall–Kier alpha value is 0.540. The molecular formula is C4H11Cl2N. The van der Waals surface area contributed by atoms with E-state index < -0.39 is 0 Å². The van der Waals surface area contributed by atoms with Crippen molar-refractivity contribution >= 4 is 21.7 Å². The average Bonchev–Trinajstić information content (AvgIpc) is 1.75. The first kappa shape index (κ1) is 10.5. The van der Waals surface area contributed by atoms with E-state index in [1.54, 1.807) is 0 Å². The minimum atomic E-state index is 1.09. The fraction of sp³-hybridized carbons (Fsp3) is 1.00. The molecule has 1 N–H and O–H groups in total. The van der Waals surface area contributed by atoms with Crippen LogP contribution in [0.25, 0.3) is 0 Å². The Kier molecular flexibility index (Phi) is 24.0. The summed E-state index contributed by atoms with van der Waals surface area (Å²) >= 11 is 0. The van der Waals surface area contributed by atoms with E-state index in [-0.39, 0.29) is 0 Å². The molecular weight excluding hydrogens is 133 g/mol. The molecule has 0 aliphatic heterocycles. The quantitative estimate of drug-likeness (QED) is 0.624. The summed E-state index contributed by atoms with van der Waals surface area (Å²) in [6.07, 6.45) is 0. The van der Waals surface area contributed by atoms with E-state index in [0.29, 0.717) is 0 Å². The molecule has 0 radical (unpaired) electrons. The Labute approximate surface area is 54.6 Å². The minimum Gasteiger partial charge on any atom is -0.317 e. The first-order valence-electron chi connectivity index (χ1n) is 2.26. The number of hydrogen-bond donors (Lipinski definition) is 1. The van der Waals surface area contributed by atoms with Crippen molar-refractivity contribution in [3.63, 3.8) is 0 Å². The standard InChI is InChI=1S/C4H11N.Cl2/c1-3-5-4-2;1-2/h5H,3-4H2,1-2H3;. The summed E-state index contributed by atoms with van der Waals surface area (Å²) in [6, 6.07) is 0. The Morgan fingerprint density at radius 2 is 1.43 bits per heavy atom. The van der Waals surface area contributed by atoms with E-state index in [1.807, 2.05) is 0 Å². The maximum absolute atomic E-state index is 4.11. The van der Waals surface area contributed by atoms with Gasteiger partial charge in [-0.1, -0.05) is 13.8 Å². The summed E-state index contributed by atoms with van der Waals surface area (Å²) in [5, 5.41) is 3.11. The van der Waals surface area contributed by atoms with Crippen LogP contribution in [0.5, 0.6) is 0 Å². The second-order valence-corrected chi connectivity index (χ2v) is 0.957. The van der Waals surface area contributed by atoms with E-state index in [9.17, 15) is 0 Å². The zero-order chi connectivity index (χ0) is 6.12. The Morgan fingerprint density at radius 1 is 1.14 bits per heavy atom. The lowest BCUT2D eigenvalue weighted by atomic mass is 10.7. The second kappa shape index (κ2) is 16.0. The van der Waals surface area contributed by atoms with Crippen LogP contribution in [0.2, 0.25) is 0 Å². The van der Waals surface area contributed by atoms with Gasteiger partial charge in [0.15, 0.2) is 0 Å². The summed E-state index contributed by atoms with van der Waals surface area (Å²) < 4.78 is 0. The molecule has 0 unspecified atom stereocenters. The summed E-state index contributed by atoms with van der Waals surface area (Å²) in [5.41, 5.74) is 0. The third kappa shape index (κ3) is 20.9. The van der Waals surface area contributed by atoms with Crippen LogP contribution in [-0.2, 0) is 0 Å². The predicted molar refractivity (Wildman–Crippen MR) is 35.9 cm³/mol. The maximum Gasteiger partial charge on any atom is 0 e. The molecule has 3 heteroatoms. The van der Waals surface area contributed by atoms with Gasteiger partial charge in [0.1, 0.15) is 0 Å². The Morgan fingerprint density at radius 3 is 1.43 bits per heavy atom. The zero-order valence-electron chi connectivity index (χ0n) is 4.67. The van der Waals surface area contributed by atoms with Crippen LogP contribution in [0.4, 0.5) is 0 Å². The van der Waals surface area contributed by atoms with Gasteiger partial charge in [0.25, 0.3) is 0 Å². The van der Waals surface area contributed by atoms with Crippen LogP contribution in [0.15, 0.2) is 0 Å². The van der Waals surface area contributed by atoms with Crippen molar-refractivity contribution in [2.45, 2.75) is 13.8 Å². The molecule has 0 rings (SSSR count). The van der Waals surface area contributed by atoms with Gasteiger partial charge in [-0.05, 0) is 13.1 Å². The maximum atomic E-state index is 4.11. The summed E-state index contributed by atoms with van der Waals surface area (Å²) in [6.45, 7) is 6.39. The van der Waals surface area contributed by atoms with Gasteiger partial charge in [0, 0.05) is 21.7 Å². The van der Waals surface area contributed by atoms with Crippen molar-refractivity contribution in [3.05, 3.63) is 0 Å². The van der Waals surface area contributed by atoms with E-state index in [4.69, 9.17) is 0 Å². The van der Waals surface area contributed by atoms with Gasteiger partial charge >= 0.3 is 0 Å². The Balaban J connectivity index is 0. The van der Waals surface area contributed by atoms with Gasteiger partial charge in [-0.2, -0.15) is 0 Å². The molecule has 1 nitrogen and oxygen atoms in total. The van der Waals surface area contributed by atoms with Gasteiger partial charge < -0.3 is 5.32 Å². The van der Waals surface area contributed by atoms with Crippen molar-refractivity contribution in [1.29, 1.82) is 0 Å². The van der Waals surface area contributed by atoms with Crippen LogP contribution < -0.4 is 5.32 Å². The SMILES string of the molecule is CCNCC.ClCl. The number of hydrogen-bond acceptors (Lipinski definition) is 1. The smallest absolute Gasteiger partial charge is 0 e. The van der Waals surface area contributed by atoms with Crippen molar-refractivity contribution in [2.75, 3.05) is 13.1 Å². The lowest BCUT2D eigenvalue weighted by Crippen LogP contribution is -2.09. The summed E-state index contributed by atoms with van der Waals surface area (Å²) in [5.74, 6) is 0. The van der Waals surface area contributed by atoms with Gasteiger partial charge in [-0.15, -0.1) is 0 Å². The second-order valence-electron chi connectivity index (χ2n) is 0.957. The molecule has 0 bridgehead atoms. The summed E-state index contributed by atoms with van der Waals surface area (Å²) in [7, 11) is 8.22. The molecule has 0 aromatic rings. The summed E-state index contributed by atoms with van der Waals surface area (Å²) in [4.78, 5) is 0. The number of rotatable bonds is 2. The number of nitrogens with one attached hydrogen (secondary N) is 1. The van der Waals surface area contributed by atoms with Crippen molar-refractivity contribution in [1.82, 2.24) is 5.32 Å². The monoisotopic (exact) mass is 143 g/mol. The normalized spacial score (nSPS) is 6.86. The topological polar surface area (TPSA) is 12.0 Å². The van der Waals surface area contributed by atoms with Crippen molar-refractivity contribution < 1.29 is 0 Å². The van der Waals surface area contributed by atoms with Gasteiger partial charge in [0.2, 0.25) is 0 Å². The van der Waals surface area contributed by atoms with Gasteiger partial charge in [-0.25, -0.2) is 0 Å². The third-order valence-corrected chi connectivity index (χ3v) is 0.500. The van der Waals surface area contributed by atoms with Crippen LogP contribution in [0.3, 0.4) is 0 Å². The van der Waals surface area contributed by atoms with Crippen LogP contribution >= 0.6 is 21.7 Å². The molecule has 0 saturated heterocycles. The zero-order valence-corrected chi connectivity index (χ0v) is 6.18. The molecule has 0 amide bonds. The molecule has 0 saturated carbocycles. The lowest BCUT2D eigenvalue weighted by Gasteiger charge is -1.86. The highest BCUT2D eigenvalue weighted by Crippen LogP contribution is 1.69. The molecule has 0 aromatic carbocycles. The molecule has 0 spiro atoms. The first-order valence-corrected chi connectivity index (χ1v) is 3.41. The Bertz CT molecular complexity index is 17.2. The van der Waals surface area contributed by atoms with Crippen LogP contribution in [0, 0.1) is 0 Å². The highest BCUT2D eigenvalue weighted by molar-refractivity contribution is 6.85. The van der Waals surface area contributed by atoms with Crippen LogP contribution in [-0.4, -0.2) is 13.1 Å². The van der Waals surface area contributed by atoms with E-state index in [1.165, 1.54) is 0 Å². The van der Waals surface area contributed by atoms with Crippen molar-refractivity contribution in [3.8, 4) is 0 Å². The highest BCUT2D eigenvalue weighted by Gasteiger charge is 1.62. The van der Waals surface area contributed by atoms with Gasteiger partial charge in [-0.3, -0.25) is 0 Å². The van der Waals surface area contributed by atoms with E-state index in [0.717, 1.165) is 13.1 Å². The number of halogens is 2. The molecule has 0 fully saturated rings. The van der Waals surface area contributed by atoms with E-state index >= 15 is 0 Å². The largest absolute Gasteiger partial charge is 0.317 e. The lowest BCUT2D eigenvalue weighted by molar-refractivity contribution is 0.762. The fourth-order valence-electron chi connectivity index (χ4n) is 0.250. The van der Waals surface area contributed by atoms with Gasteiger partial charge in [0.05, 0.1) is 0 Å². The molecule has 0 aliphatic carbocycles. The molecule has 7 heavy (non-hydrogen) atoms. The molecule has 0 heterocycles. The average molecular weight is 144 g/mol. The fourth-order valence-corrected chi connectivity index (χ4v) is 0.250. The molecule has 0 aromatic heterocycles. The van der Waals surface area contributed by atoms with Crippen molar-refractivity contribution in [2.24, 2.45) is 0 Å². The predicted octanol–water partition coefficient (Wildman–Crippen LogP) is 1.99.